The van der Waals surface area contributed by atoms with E-state index in [1.807, 2.05) is 43.3 Å². The first-order valence-electron chi connectivity index (χ1n) is 7.81. The molecule has 3 rings (SSSR count). The van der Waals surface area contributed by atoms with Crippen LogP contribution in [-0.4, -0.2) is 16.1 Å². The van der Waals surface area contributed by atoms with Gasteiger partial charge in [0.15, 0.2) is 11.5 Å². The molecule has 5 nitrogen and oxygen atoms in total. The van der Waals surface area contributed by atoms with Crippen LogP contribution in [0.3, 0.4) is 0 Å². The lowest BCUT2D eigenvalue weighted by Crippen LogP contribution is -2.24. The number of hydrogen-bond donors (Lipinski definition) is 2. The summed E-state index contributed by atoms with van der Waals surface area (Å²) in [6.07, 6.45) is 0. The third kappa shape index (κ3) is 4.55. The Morgan fingerprint density at radius 1 is 1.04 bits per heavy atom. The van der Waals surface area contributed by atoms with Gasteiger partial charge < -0.3 is 10.6 Å². The van der Waals surface area contributed by atoms with Crippen molar-refractivity contribution in [3.05, 3.63) is 82.5 Å². The fourth-order valence-corrected chi connectivity index (χ4v) is 2.50. The van der Waals surface area contributed by atoms with E-state index in [1.54, 1.807) is 24.3 Å². The second-order valence-electron chi connectivity index (χ2n) is 5.55. The quantitative estimate of drug-likeness (QED) is 0.725. The fraction of sp³-hybridized carbons (Fsp3) is 0.105. The molecular formula is C19H17ClN4O. The van der Waals surface area contributed by atoms with Crippen molar-refractivity contribution in [1.29, 1.82) is 0 Å². The van der Waals surface area contributed by atoms with Gasteiger partial charge in [-0.2, -0.15) is 0 Å². The van der Waals surface area contributed by atoms with Crippen LogP contribution < -0.4 is 10.6 Å². The van der Waals surface area contributed by atoms with Gasteiger partial charge >= 0.3 is 0 Å². The Bertz CT molecular complexity index is 881. The van der Waals surface area contributed by atoms with Crippen molar-refractivity contribution in [2.75, 3.05) is 5.32 Å². The zero-order chi connectivity index (χ0) is 17.6. The van der Waals surface area contributed by atoms with Gasteiger partial charge in [0.25, 0.3) is 5.91 Å². The van der Waals surface area contributed by atoms with E-state index in [0.717, 1.165) is 16.8 Å². The lowest BCUT2D eigenvalue weighted by Gasteiger charge is -2.08. The highest BCUT2D eigenvalue weighted by atomic mass is 35.5. The highest BCUT2D eigenvalue weighted by Gasteiger charge is 2.09. The topological polar surface area (TPSA) is 66.9 Å². The molecule has 1 heterocycles. The van der Waals surface area contributed by atoms with Crippen LogP contribution in [0, 0.1) is 6.92 Å². The molecule has 126 valence electrons. The zero-order valence-electron chi connectivity index (χ0n) is 13.7. The number of halogens is 1. The number of amides is 1. The Balaban J connectivity index is 1.61. The minimum Gasteiger partial charge on any atom is -0.347 e. The standard InChI is InChI=1S/C19H17ClN4O/c1-13-5-2-3-6-14(13)12-21-19(25)17-9-10-18(24-23-17)22-16-8-4-7-15(20)11-16/h2-11H,12H2,1H3,(H,21,25)(H,22,24). The molecule has 0 unspecified atom stereocenters. The molecule has 2 aromatic carbocycles. The molecule has 6 heteroatoms. The summed E-state index contributed by atoms with van der Waals surface area (Å²) in [7, 11) is 0. The van der Waals surface area contributed by atoms with E-state index in [2.05, 4.69) is 20.8 Å². The summed E-state index contributed by atoms with van der Waals surface area (Å²) >= 11 is 5.95. The molecule has 0 aliphatic heterocycles. The van der Waals surface area contributed by atoms with Gasteiger partial charge in [-0.3, -0.25) is 4.79 Å². The smallest absolute Gasteiger partial charge is 0.272 e. The number of carbonyl (C=O) groups excluding carboxylic acids is 1. The van der Waals surface area contributed by atoms with Crippen LogP contribution in [0.15, 0.2) is 60.7 Å². The molecule has 0 fully saturated rings. The van der Waals surface area contributed by atoms with Crippen molar-refractivity contribution in [2.45, 2.75) is 13.5 Å². The molecule has 0 aliphatic rings. The highest BCUT2D eigenvalue weighted by molar-refractivity contribution is 6.30. The van der Waals surface area contributed by atoms with Gasteiger partial charge in [0.05, 0.1) is 0 Å². The second-order valence-corrected chi connectivity index (χ2v) is 5.98. The molecule has 1 amide bonds. The first kappa shape index (κ1) is 16.9. The molecule has 0 saturated carbocycles. The molecule has 0 atom stereocenters. The summed E-state index contributed by atoms with van der Waals surface area (Å²) in [5.41, 5.74) is 3.28. The maximum atomic E-state index is 12.2. The Hall–Kier alpha value is -2.92. The first-order valence-corrected chi connectivity index (χ1v) is 8.18. The number of aromatic nitrogens is 2. The van der Waals surface area contributed by atoms with E-state index in [4.69, 9.17) is 11.6 Å². The Morgan fingerprint density at radius 3 is 2.60 bits per heavy atom. The summed E-state index contributed by atoms with van der Waals surface area (Å²) in [4.78, 5) is 12.2. The van der Waals surface area contributed by atoms with Gasteiger partial charge in [-0.15, -0.1) is 10.2 Å². The minimum absolute atomic E-state index is 0.259. The predicted octanol–water partition coefficient (Wildman–Crippen LogP) is 4.11. The maximum absolute atomic E-state index is 12.2. The molecule has 0 saturated heterocycles. The van der Waals surface area contributed by atoms with Crippen molar-refractivity contribution in [3.8, 4) is 0 Å². The van der Waals surface area contributed by atoms with E-state index >= 15 is 0 Å². The van der Waals surface area contributed by atoms with Crippen LogP contribution in [-0.2, 0) is 6.54 Å². The highest BCUT2D eigenvalue weighted by Crippen LogP contribution is 2.18. The van der Waals surface area contributed by atoms with Crippen molar-refractivity contribution in [3.63, 3.8) is 0 Å². The SMILES string of the molecule is Cc1ccccc1CNC(=O)c1ccc(Nc2cccc(Cl)c2)nn1. The number of aryl methyl sites for hydroxylation is 1. The molecule has 25 heavy (non-hydrogen) atoms. The van der Waals surface area contributed by atoms with Crippen LogP contribution in [0.4, 0.5) is 11.5 Å². The summed E-state index contributed by atoms with van der Waals surface area (Å²) in [6.45, 7) is 2.47. The number of anilines is 2. The molecule has 0 spiro atoms. The van der Waals surface area contributed by atoms with E-state index in [0.29, 0.717) is 17.4 Å². The minimum atomic E-state index is -0.259. The van der Waals surface area contributed by atoms with Crippen molar-refractivity contribution >= 4 is 29.0 Å². The fourth-order valence-electron chi connectivity index (χ4n) is 2.31. The molecular weight excluding hydrogens is 336 g/mol. The average molecular weight is 353 g/mol. The summed E-state index contributed by atoms with van der Waals surface area (Å²) in [5.74, 6) is 0.280. The largest absolute Gasteiger partial charge is 0.347 e. The first-order chi connectivity index (χ1) is 12.1. The van der Waals surface area contributed by atoms with Gasteiger partial charge in [-0.1, -0.05) is 41.9 Å². The van der Waals surface area contributed by atoms with Gasteiger partial charge in [0.1, 0.15) is 0 Å². The van der Waals surface area contributed by atoms with Crippen LogP contribution >= 0.6 is 11.6 Å². The van der Waals surface area contributed by atoms with Gasteiger partial charge in [-0.25, -0.2) is 0 Å². The van der Waals surface area contributed by atoms with Crippen LogP contribution in [0.5, 0.6) is 0 Å². The maximum Gasteiger partial charge on any atom is 0.272 e. The van der Waals surface area contributed by atoms with Crippen LogP contribution in [0.1, 0.15) is 21.6 Å². The number of nitrogens with one attached hydrogen (secondary N) is 2. The lowest BCUT2D eigenvalue weighted by atomic mass is 10.1. The molecule has 0 radical (unpaired) electrons. The summed E-state index contributed by atoms with van der Waals surface area (Å²) < 4.78 is 0. The second kappa shape index (κ2) is 7.77. The van der Waals surface area contributed by atoms with E-state index < -0.39 is 0 Å². The summed E-state index contributed by atoms with van der Waals surface area (Å²) in [5, 5.41) is 14.6. The normalized spacial score (nSPS) is 10.3. The van der Waals surface area contributed by atoms with E-state index in [1.165, 1.54) is 0 Å². The van der Waals surface area contributed by atoms with Gasteiger partial charge in [0, 0.05) is 17.3 Å². The van der Waals surface area contributed by atoms with Crippen molar-refractivity contribution < 1.29 is 4.79 Å². The average Bonchev–Trinajstić information content (AvgIpc) is 2.61. The van der Waals surface area contributed by atoms with Crippen LogP contribution in [0.2, 0.25) is 5.02 Å². The molecule has 1 aromatic heterocycles. The van der Waals surface area contributed by atoms with E-state index in [9.17, 15) is 4.79 Å². The Labute approximate surface area is 151 Å². The van der Waals surface area contributed by atoms with E-state index in [-0.39, 0.29) is 11.6 Å². The molecule has 0 bridgehead atoms. The van der Waals surface area contributed by atoms with Crippen molar-refractivity contribution in [1.82, 2.24) is 15.5 Å². The number of rotatable bonds is 5. The molecule has 2 N–H and O–H groups in total. The number of nitrogens with zero attached hydrogens (tertiary/aromatic N) is 2. The van der Waals surface area contributed by atoms with Gasteiger partial charge in [0.2, 0.25) is 0 Å². The van der Waals surface area contributed by atoms with Crippen molar-refractivity contribution in [2.24, 2.45) is 0 Å². The van der Waals surface area contributed by atoms with Crippen LogP contribution in [0.25, 0.3) is 0 Å². The third-order valence-corrected chi connectivity index (χ3v) is 3.93. The van der Waals surface area contributed by atoms with Gasteiger partial charge in [-0.05, 0) is 48.4 Å². The predicted molar refractivity (Wildman–Crippen MR) is 99.1 cm³/mol. The monoisotopic (exact) mass is 352 g/mol. The summed E-state index contributed by atoms with van der Waals surface area (Å²) in [6, 6.07) is 18.5. The number of carbonyl (C=O) groups is 1. The Morgan fingerprint density at radius 2 is 1.88 bits per heavy atom. The lowest BCUT2D eigenvalue weighted by molar-refractivity contribution is 0.0945. The zero-order valence-corrected chi connectivity index (χ0v) is 14.4. The number of benzene rings is 2. The third-order valence-electron chi connectivity index (χ3n) is 3.69. The molecule has 0 aliphatic carbocycles. The Kier molecular flexibility index (Phi) is 5.26. The molecule has 3 aromatic rings. The number of hydrogen-bond acceptors (Lipinski definition) is 4.